The molecule has 1 aliphatic rings. The molecule has 0 amide bonds. The molecular weight excluding hydrogens is 564 g/mol. The standard InChI is InChI=1S/C31H18F4N6O2/c32-23-9-12-26-25(14-23)29-38-39-40-41(29)18-30(26,42)31(34,35)27-13-8-20(16-37-27)5-4-19-6-10-24(11-7-19)43-17-22-3-1-2-21(15-36)28(22)33/h1-3,6-14,16,42H,17-18H2. The molecule has 3 aromatic carbocycles. The summed E-state index contributed by atoms with van der Waals surface area (Å²) < 4.78 is 66.6. The van der Waals surface area contributed by atoms with Crippen LogP contribution in [0.1, 0.15) is 33.5 Å². The number of nitriles is 1. The number of ether oxygens (including phenoxy) is 1. The van der Waals surface area contributed by atoms with E-state index in [0.29, 0.717) is 16.9 Å². The van der Waals surface area contributed by atoms with E-state index in [1.54, 1.807) is 36.4 Å². The fourth-order valence-corrected chi connectivity index (χ4v) is 4.72. The zero-order chi connectivity index (χ0) is 30.2. The Morgan fingerprint density at radius 2 is 1.77 bits per heavy atom. The van der Waals surface area contributed by atoms with Crippen LogP contribution in [0.15, 0.2) is 79.0 Å². The highest BCUT2D eigenvalue weighted by Gasteiger charge is 2.59. The molecule has 12 heteroatoms. The molecule has 3 heterocycles. The van der Waals surface area contributed by atoms with E-state index in [0.717, 1.165) is 35.1 Å². The molecule has 0 aliphatic carbocycles. The average Bonchev–Trinajstić information content (AvgIpc) is 3.48. The van der Waals surface area contributed by atoms with Crippen LogP contribution in [0.4, 0.5) is 17.6 Å². The number of pyridine rings is 1. The van der Waals surface area contributed by atoms with E-state index in [4.69, 9.17) is 10.00 Å². The molecule has 1 atom stereocenters. The lowest BCUT2D eigenvalue weighted by Crippen LogP contribution is -2.49. The van der Waals surface area contributed by atoms with Gasteiger partial charge in [0, 0.05) is 34.0 Å². The topological polar surface area (TPSA) is 110 Å². The summed E-state index contributed by atoms with van der Waals surface area (Å²) >= 11 is 0. The van der Waals surface area contributed by atoms with Gasteiger partial charge in [0.15, 0.2) is 11.4 Å². The molecule has 0 bridgehead atoms. The molecule has 0 saturated heterocycles. The van der Waals surface area contributed by atoms with Gasteiger partial charge in [-0.15, -0.1) is 5.10 Å². The summed E-state index contributed by atoms with van der Waals surface area (Å²) in [6, 6.07) is 18.4. The number of aliphatic hydroxyl groups is 1. The van der Waals surface area contributed by atoms with Crippen LogP contribution in [0.5, 0.6) is 5.75 Å². The maximum Gasteiger partial charge on any atom is 0.323 e. The summed E-state index contributed by atoms with van der Waals surface area (Å²) in [5, 5.41) is 31.2. The first-order valence-corrected chi connectivity index (χ1v) is 12.8. The zero-order valence-electron chi connectivity index (χ0n) is 22.0. The summed E-state index contributed by atoms with van der Waals surface area (Å²) in [5.74, 6) is 1.04. The molecule has 212 valence electrons. The van der Waals surface area contributed by atoms with E-state index >= 15 is 8.78 Å². The Morgan fingerprint density at radius 1 is 1.00 bits per heavy atom. The molecule has 8 nitrogen and oxygen atoms in total. The van der Waals surface area contributed by atoms with Gasteiger partial charge in [0.2, 0.25) is 0 Å². The average molecular weight is 583 g/mol. The molecule has 0 saturated carbocycles. The van der Waals surface area contributed by atoms with E-state index in [2.05, 4.69) is 32.4 Å². The number of alkyl halides is 2. The lowest BCUT2D eigenvalue weighted by atomic mass is 9.80. The summed E-state index contributed by atoms with van der Waals surface area (Å²) in [5.41, 5.74) is -2.67. The molecule has 5 aromatic rings. The number of hydrogen-bond acceptors (Lipinski definition) is 7. The normalized spacial score (nSPS) is 15.4. The van der Waals surface area contributed by atoms with Gasteiger partial charge in [-0.2, -0.15) is 14.0 Å². The highest BCUT2D eigenvalue weighted by Crippen LogP contribution is 2.50. The molecule has 2 aromatic heterocycles. The third-order valence-electron chi connectivity index (χ3n) is 6.98. The van der Waals surface area contributed by atoms with Gasteiger partial charge in [-0.3, -0.25) is 4.98 Å². The van der Waals surface area contributed by atoms with E-state index in [1.807, 2.05) is 0 Å². The molecule has 1 N–H and O–H groups in total. The van der Waals surface area contributed by atoms with E-state index in [-0.39, 0.29) is 34.7 Å². The number of hydrogen-bond donors (Lipinski definition) is 1. The quantitative estimate of drug-likeness (QED) is 0.233. The number of nitrogens with zero attached hydrogens (tertiary/aromatic N) is 6. The van der Waals surface area contributed by atoms with Crippen molar-refractivity contribution in [3.8, 4) is 35.0 Å². The van der Waals surface area contributed by atoms with Crippen molar-refractivity contribution in [3.05, 3.63) is 124 Å². The molecule has 1 unspecified atom stereocenters. The van der Waals surface area contributed by atoms with E-state index in [1.165, 1.54) is 18.2 Å². The Bertz CT molecular complexity index is 1940. The lowest BCUT2D eigenvalue weighted by Gasteiger charge is -2.39. The Kier molecular flexibility index (Phi) is 6.84. The van der Waals surface area contributed by atoms with Crippen molar-refractivity contribution in [2.75, 3.05) is 0 Å². The summed E-state index contributed by atoms with van der Waals surface area (Å²) in [7, 11) is 0. The Labute approximate surface area is 241 Å². The highest BCUT2D eigenvalue weighted by atomic mass is 19.3. The van der Waals surface area contributed by atoms with Gasteiger partial charge in [0.1, 0.15) is 35.8 Å². The number of halogens is 4. The lowest BCUT2D eigenvalue weighted by molar-refractivity contribution is -0.207. The van der Waals surface area contributed by atoms with E-state index < -0.39 is 35.4 Å². The molecule has 0 fully saturated rings. The minimum Gasteiger partial charge on any atom is -0.489 e. The predicted octanol–water partition coefficient (Wildman–Crippen LogP) is 4.86. The molecule has 43 heavy (non-hydrogen) atoms. The number of benzene rings is 3. The van der Waals surface area contributed by atoms with Crippen LogP contribution in [0.25, 0.3) is 11.4 Å². The molecular formula is C31H18F4N6O2. The van der Waals surface area contributed by atoms with Crippen LogP contribution >= 0.6 is 0 Å². The minimum atomic E-state index is -3.91. The fourth-order valence-electron chi connectivity index (χ4n) is 4.72. The Morgan fingerprint density at radius 3 is 2.51 bits per heavy atom. The summed E-state index contributed by atoms with van der Waals surface area (Å²) in [4.78, 5) is 3.89. The van der Waals surface area contributed by atoms with Gasteiger partial charge in [-0.05, 0) is 65.0 Å². The molecule has 1 aliphatic heterocycles. The predicted molar refractivity (Wildman–Crippen MR) is 143 cm³/mol. The first-order chi connectivity index (χ1) is 20.7. The van der Waals surface area contributed by atoms with Crippen LogP contribution in [0, 0.1) is 34.8 Å². The second-order valence-corrected chi connectivity index (χ2v) is 9.67. The summed E-state index contributed by atoms with van der Waals surface area (Å²) in [6.07, 6.45) is 1.16. The van der Waals surface area contributed by atoms with Crippen LogP contribution < -0.4 is 4.74 Å². The highest BCUT2D eigenvalue weighted by molar-refractivity contribution is 5.64. The maximum absolute atomic E-state index is 15.9. The number of aromatic nitrogens is 5. The van der Waals surface area contributed by atoms with Gasteiger partial charge >= 0.3 is 5.92 Å². The molecule has 0 spiro atoms. The van der Waals surface area contributed by atoms with Crippen molar-refractivity contribution in [2.24, 2.45) is 0 Å². The van der Waals surface area contributed by atoms with Gasteiger partial charge in [0.05, 0.1) is 12.1 Å². The van der Waals surface area contributed by atoms with Crippen LogP contribution in [0.3, 0.4) is 0 Å². The first-order valence-electron chi connectivity index (χ1n) is 12.8. The van der Waals surface area contributed by atoms with Crippen molar-refractivity contribution in [1.29, 1.82) is 5.26 Å². The Hall–Kier alpha value is -5.59. The molecule has 0 radical (unpaired) electrons. The van der Waals surface area contributed by atoms with Crippen LogP contribution in [-0.4, -0.2) is 30.3 Å². The summed E-state index contributed by atoms with van der Waals surface area (Å²) in [6.45, 7) is -0.741. The SMILES string of the molecule is N#Cc1cccc(COc2ccc(C#Cc3ccc(C(F)(F)C4(O)Cn5nnnc5-c5cc(F)ccc54)nc3)cc2)c1F. The second-order valence-electron chi connectivity index (χ2n) is 9.67. The van der Waals surface area contributed by atoms with E-state index in [9.17, 15) is 13.9 Å². The van der Waals surface area contributed by atoms with Crippen LogP contribution in [0.2, 0.25) is 0 Å². The smallest absolute Gasteiger partial charge is 0.323 e. The minimum absolute atomic E-state index is 0.0438. The van der Waals surface area contributed by atoms with Crippen molar-refractivity contribution in [3.63, 3.8) is 0 Å². The van der Waals surface area contributed by atoms with Gasteiger partial charge < -0.3 is 9.84 Å². The first kappa shape index (κ1) is 27.6. The number of tetrazole rings is 1. The van der Waals surface area contributed by atoms with Gasteiger partial charge in [0.25, 0.3) is 0 Å². The van der Waals surface area contributed by atoms with Crippen molar-refractivity contribution < 1.29 is 27.4 Å². The molecule has 6 rings (SSSR count). The number of rotatable bonds is 5. The Balaban J connectivity index is 1.17. The van der Waals surface area contributed by atoms with Gasteiger partial charge in [-0.1, -0.05) is 30.0 Å². The van der Waals surface area contributed by atoms with Crippen molar-refractivity contribution in [1.82, 2.24) is 25.2 Å². The van der Waals surface area contributed by atoms with Gasteiger partial charge in [-0.25, -0.2) is 13.5 Å². The second kappa shape index (κ2) is 10.7. The maximum atomic E-state index is 15.9. The van der Waals surface area contributed by atoms with Crippen molar-refractivity contribution >= 4 is 0 Å². The van der Waals surface area contributed by atoms with Crippen molar-refractivity contribution in [2.45, 2.75) is 24.7 Å². The fraction of sp³-hybridized carbons (Fsp3) is 0.129. The monoisotopic (exact) mass is 582 g/mol. The van der Waals surface area contributed by atoms with Crippen LogP contribution in [-0.2, 0) is 24.7 Å². The number of fused-ring (bicyclic) bond motifs is 3. The largest absolute Gasteiger partial charge is 0.489 e. The third kappa shape index (κ3) is 4.94. The zero-order valence-corrected chi connectivity index (χ0v) is 22.0. The third-order valence-corrected chi connectivity index (χ3v) is 6.98.